The van der Waals surface area contributed by atoms with Crippen LogP contribution in [0.25, 0.3) is 10.8 Å². The Bertz CT molecular complexity index is 561. The van der Waals surface area contributed by atoms with Gasteiger partial charge in [0, 0.05) is 16.7 Å². The fraction of sp³-hybridized carbons (Fsp3) is 0.412. The van der Waals surface area contributed by atoms with Crippen LogP contribution in [-0.4, -0.2) is 23.0 Å². The molecule has 0 spiro atoms. The molecule has 0 aliphatic heterocycles. The van der Waals surface area contributed by atoms with Crippen LogP contribution in [0.3, 0.4) is 0 Å². The highest BCUT2D eigenvalue weighted by Gasteiger charge is 2.16. The van der Waals surface area contributed by atoms with Crippen LogP contribution in [0.15, 0.2) is 47.4 Å². The monoisotopic (exact) mass is 325 g/mol. The SMILES string of the molecule is CC(C)CC(N)C(O)CSc1ccc2ccccc2c1.Cl. The lowest BCUT2D eigenvalue weighted by molar-refractivity contribution is 0.157. The van der Waals surface area contributed by atoms with Gasteiger partial charge in [-0.05, 0) is 35.2 Å². The third-order valence-electron chi connectivity index (χ3n) is 3.38. The van der Waals surface area contributed by atoms with Crippen LogP contribution in [0, 0.1) is 5.92 Å². The first-order valence-electron chi connectivity index (χ1n) is 7.11. The van der Waals surface area contributed by atoms with Gasteiger partial charge in [-0.3, -0.25) is 0 Å². The molecule has 116 valence electrons. The second kappa shape index (κ2) is 8.64. The lowest BCUT2D eigenvalue weighted by Crippen LogP contribution is -2.37. The van der Waals surface area contributed by atoms with Gasteiger partial charge in [0.2, 0.25) is 0 Å². The Balaban J connectivity index is 0.00000220. The summed E-state index contributed by atoms with van der Waals surface area (Å²) in [7, 11) is 0. The molecule has 2 atom stereocenters. The zero-order valence-corrected chi connectivity index (χ0v) is 14.2. The van der Waals surface area contributed by atoms with Crippen LogP contribution < -0.4 is 5.73 Å². The highest BCUT2D eigenvalue weighted by Crippen LogP contribution is 2.24. The Hall–Kier alpha value is -0.740. The average Bonchev–Trinajstić information content (AvgIpc) is 2.43. The molecule has 0 aromatic heterocycles. The van der Waals surface area contributed by atoms with Gasteiger partial charge in [0.25, 0.3) is 0 Å². The maximum Gasteiger partial charge on any atom is 0.0784 e. The molecule has 0 radical (unpaired) electrons. The summed E-state index contributed by atoms with van der Waals surface area (Å²) >= 11 is 1.67. The van der Waals surface area contributed by atoms with Gasteiger partial charge in [0.1, 0.15) is 0 Å². The van der Waals surface area contributed by atoms with Crippen LogP contribution in [0.5, 0.6) is 0 Å². The summed E-state index contributed by atoms with van der Waals surface area (Å²) in [5.74, 6) is 1.16. The molecule has 0 saturated carbocycles. The van der Waals surface area contributed by atoms with Gasteiger partial charge in [-0.2, -0.15) is 0 Å². The number of halogens is 1. The maximum absolute atomic E-state index is 10.1. The van der Waals surface area contributed by atoms with Crippen molar-refractivity contribution in [2.75, 3.05) is 5.75 Å². The van der Waals surface area contributed by atoms with E-state index in [1.54, 1.807) is 11.8 Å². The number of aliphatic hydroxyl groups excluding tert-OH is 1. The maximum atomic E-state index is 10.1. The molecule has 0 bridgehead atoms. The first kappa shape index (κ1) is 18.3. The molecular weight excluding hydrogens is 302 g/mol. The van der Waals surface area contributed by atoms with E-state index in [4.69, 9.17) is 5.73 Å². The summed E-state index contributed by atoms with van der Waals surface area (Å²) in [6, 6.07) is 14.6. The van der Waals surface area contributed by atoms with Crippen LogP contribution in [0.4, 0.5) is 0 Å². The Morgan fingerprint density at radius 1 is 1.10 bits per heavy atom. The quantitative estimate of drug-likeness (QED) is 0.786. The van der Waals surface area contributed by atoms with E-state index in [1.165, 1.54) is 15.7 Å². The second-order valence-electron chi connectivity index (χ2n) is 5.68. The first-order chi connectivity index (χ1) is 9.56. The number of thioether (sulfide) groups is 1. The lowest BCUT2D eigenvalue weighted by Gasteiger charge is -2.20. The molecule has 2 nitrogen and oxygen atoms in total. The van der Waals surface area contributed by atoms with Crippen LogP contribution in [-0.2, 0) is 0 Å². The zero-order valence-electron chi connectivity index (χ0n) is 12.5. The molecule has 0 fully saturated rings. The smallest absolute Gasteiger partial charge is 0.0784 e. The molecule has 4 heteroatoms. The van der Waals surface area contributed by atoms with E-state index in [9.17, 15) is 5.11 Å². The Labute approximate surface area is 137 Å². The van der Waals surface area contributed by atoms with Crippen LogP contribution in [0.2, 0.25) is 0 Å². The number of benzene rings is 2. The van der Waals surface area contributed by atoms with Crippen molar-refractivity contribution in [1.29, 1.82) is 0 Å². The topological polar surface area (TPSA) is 46.2 Å². The molecule has 0 amide bonds. The number of fused-ring (bicyclic) bond motifs is 1. The number of rotatable bonds is 6. The predicted molar refractivity (Wildman–Crippen MR) is 95.4 cm³/mol. The van der Waals surface area contributed by atoms with E-state index in [0.29, 0.717) is 11.7 Å². The molecule has 2 aromatic carbocycles. The van der Waals surface area contributed by atoms with Gasteiger partial charge in [-0.25, -0.2) is 0 Å². The first-order valence-corrected chi connectivity index (χ1v) is 8.10. The molecule has 3 N–H and O–H groups in total. The van der Waals surface area contributed by atoms with Crippen LogP contribution >= 0.6 is 24.2 Å². The number of hydrogen-bond donors (Lipinski definition) is 2. The normalized spacial score (nSPS) is 14.0. The molecule has 2 aromatic rings. The van der Waals surface area contributed by atoms with Gasteiger partial charge in [-0.15, -0.1) is 24.2 Å². The van der Waals surface area contributed by atoms with Gasteiger partial charge in [0.05, 0.1) is 6.10 Å². The molecule has 0 heterocycles. The minimum atomic E-state index is -0.450. The number of aliphatic hydroxyl groups is 1. The van der Waals surface area contributed by atoms with Crippen molar-refractivity contribution in [3.8, 4) is 0 Å². The van der Waals surface area contributed by atoms with Crippen molar-refractivity contribution in [1.82, 2.24) is 0 Å². The van der Waals surface area contributed by atoms with E-state index in [1.807, 2.05) is 12.1 Å². The number of hydrogen-bond acceptors (Lipinski definition) is 3. The molecule has 0 saturated heterocycles. The van der Waals surface area contributed by atoms with E-state index in [-0.39, 0.29) is 18.4 Å². The third kappa shape index (κ3) is 5.51. The van der Waals surface area contributed by atoms with E-state index in [2.05, 4.69) is 44.2 Å². The molecular formula is C17H24ClNOS. The third-order valence-corrected chi connectivity index (χ3v) is 4.47. The van der Waals surface area contributed by atoms with Crippen molar-refractivity contribution in [2.24, 2.45) is 11.7 Å². The average molecular weight is 326 g/mol. The minimum Gasteiger partial charge on any atom is -0.391 e. The predicted octanol–water partition coefficient (Wildman–Crippen LogP) is 4.09. The zero-order chi connectivity index (χ0) is 14.5. The van der Waals surface area contributed by atoms with Crippen molar-refractivity contribution in [2.45, 2.75) is 37.3 Å². The molecule has 21 heavy (non-hydrogen) atoms. The van der Waals surface area contributed by atoms with E-state index in [0.717, 1.165) is 6.42 Å². The van der Waals surface area contributed by atoms with Crippen molar-refractivity contribution in [3.63, 3.8) is 0 Å². The summed E-state index contributed by atoms with van der Waals surface area (Å²) in [6.45, 7) is 4.26. The second-order valence-corrected chi connectivity index (χ2v) is 6.77. The summed E-state index contributed by atoms with van der Waals surface area (Å²) in [5, 5.41) is 12.6. The fourth-order valence-corrected chi connectivity index (χ4v) is 3.25. The van der Waals surface area contributed by atoms with Gasteiger partial charge >= 0.3 is 0 Å². The highest BCUT2D eigenvalue weighted by atomic mass is 35.5. The van der Waals surface area contributed by atoms with E-state index >= 15 is 0 Å². The number of nitrogens with two attached hydrogens (primary N) is 1. The van der Waals surface area contributed by atoms with Crippen LogP contribution in [0.1, 0.15) is 20.3 Å². The summed E-state index contributed by atoms with van der Waals surface area (Å²) < 4.78 is 0. The fourth-order valence-electron chi connectivity index (χ4n) is 2.26. The van der Waals surface area contributed by atoms with Gasteiger partial charge in [0.15, 0.2) is 0 Å². The van der Waals surface area contributed by atoms with Gasteiger partial charge in [-0.1, -0.05) is 44.2 Å². The molecule has 2 rings (SSSR count). The summed E-state index contributed by atoms with van der Waals surface area (Å²) in [5.41, 5.74) is 6.01. The lowest BCUT2D eigenvalue weighted by atomic mass is 10.0. The van der Waals surface area contributed by atoms with Crippen molar-refractivity contribution < 1.29 is 5.11 Å². The molecule has 0 aliphatic carbocycles. The largest absolute Gasteiger partial charge is 0.391 e. The Morgan fingerprint density at radius 3 is 2.43 bits per heavy atom. The summed E-state index contributed by atoms with van der Waals surface area (Å²) in [4.78, 5) is 1.18. The standard InChI is InChI=1S/C17H23NOS.ClH/c1-12(2)9-16(18)17(19)11-20-15-8-7-13-5-3-4-6-14(13)10-15;/h3-8,10,12,16-17,19H,9,11,18H2,1-2H3;1H. The van der Waals surface area contributed by atoms with Crippen molar-refractivity contribution >= 4 is 34.9 Å². The summed E-state index contributed by atoms with van der Waals surface area (Å²) in [6.07, 6.45) is 0.410. The minimum absolute atomic E-state index is 0. The van der Waals surface area contributed by atoms with Crippen molar-refractivity contribution in [3.05, 3.63) is 42.5 Å². The van der Waals surface area contributed by atoms with E-state index < -0.39 is 6.10 Å². The Kier molecular flexibility index (Phi) is 7.53. The molecule has 2 unspecified atom stereocenters. The Morgan fingerprint density at radius 2 is 1.76 bits per heavy atom. The highest BCUT2D eigenvalue weighted by molar-refractivity contribution is 7.99. The molecule has 0 aliphatic rings. The van der Waals surface area contributed by atoms with Gasteiger partial charge < -0.3 is 10.8 Å².